The van der Waals surface area contributed by atoms with Gasteiger partial charge in [0.15, 0.2) is 5.58 Å². The van der Waals surface area contributed by atoms with Gasteiger partial charge in [-0.05, 0) is 180 Å². The lowest BCUT2D eigenvalue weighted by molar-refractivity contribution is 0.332. The van der Waals surface area contributed by atoms with E-state index in [1.165, 1.54) is 95.4 Å². The fraction of sp³-hybridized carbons (Fsp3) is 0.362. The van der Waals surface area contributed by atoms with Crippen molar-refractivity contribution >= 4 is 90.2 Å². The Kier molecular flexibility index (Phi) is 10.3. The Morgan fingerprint density at radius 2 is 1.00 bits per heavy atom. The van der Waals surface area contributed by atoms with Crippen LogP contribution in [0.3, 0.4) is 0 Å². The Morgan fingerprint density at radius 3 is 1.58 bits per heavy atom. The first kappa shape index (κ1) is 48.5. The number of rotatable bonds is 4. The molecule has 4 heterocycles. The topological polar surface area (TPSA) is 24.6 Å². The van der Waals surface area contributed by atoms with E-state index in [0.29, 0.717) is 0 Å². The molecule has 0 radical (unpaired) electrons. The van der Waals surface area contributed by atoms with E-state index < -0.39 is 0 Å². The fourth-order valence-electron chi connectivity index (χ4n) is 12.8. The molecule has 12 rings (SSSR count). The van der Waals surface area contributed by atoms with Gasteiger partial charge in [-0.3, -0.25) is 0 Å². The molecule has 0 amide bonds. The molecule has 4 nitrogen and oxygen atoms in total. The number of aryl methyl sites for hydroxylation is 1. The first-order valence-electron chi connectivity index (χ1n) is 27.4. The summed E-state index contributed by atoms with van der Waals surface area (Å²) in [4.78, 5) is 5.18. The molecule has 2 aromatic heterocycles. The van der Waals surface area contributed by atoms with Gasteiger partial charge in [0.25, 0.3) is 6.71 Å². The van der Waals surface area contributed by atoms with E-state index in [1.807, 2.05) is 0 Å². The molecule has 0 unspecified atom stereocenters. The van der Waals surface area contributed by atoms with Crippen LogP contribution in [0.25, 0.3) is 38.7 Å². The average molecular weight is 974 g/mol. The van der Waals surface area contributed by atoms with Crippen LogP contribution in [0.1, 0.15) is 163 Å². The van der Waals surface area contributed by atoms with Crippen LogP contribution in [0.4, 0.5) is 34.1 Å². The van der Waals surface area contributed by atoms with Gasteiger partial charge in [0, 0.05) is 50.6 Å². The first-order valence-corrected chi connectivity index (χ1v) is 27.4. The van der Waals surface area contributed by atoms with E-state index in [0.717, 1.165) is 45.6 Å². The molecule has 376 valence electrons. The van der Waals surface area contributed by atoms with Crippen molar-refractivity contribution in [3.8, 4) is 5.69 Å². The summed E-state index contributed by atoms with van der Waals surface area (Å²) < 4.78 is 9.64. The van der Waals surface area contributed by atoms with Gasteiger partial charge < -0.3 is 18.8 Å². The van der Waals surface area contributed by atoms with Crippen LogP contribution < -0.4 is 26.2 Å². The molecule has 0 spiro atoms. The second-order valence-electron chi connectivity index (χ2n) is 27.9. The maximum atomic E-state index is 7.03. The second kappa shape index (κ2) is 15.8. The molecule has 0 atom stereocenters. The van der Waals surface area contributed by atoms with E-state index in [4.69, 9.17) is 4.42 Å². The van der Waals surface area contributed by atoms with E-state index in [1.54, 1.807) is 0 Å². The minimum absolute atomic E-state index is 0.0191. The normalized spacial score (nSPS) is 16.0. The summed E-state index contributed by atoms with van der Waals surface area (Å²) in [6, 6.07) is 49.9. The number of fused-ring (bicyclic) bond motifs is 10. The SMILES string of the molecule is Cc1cc2c(cc1N1c3cc(N(c4ccc(C(C)(C)C)cc4)c4ccc(C(C)(C)C)cc4)ccc3B3c4c1cc(C(C)(C)C)cc4-n1c4c3cc(C(C)(C)C)cc4c3oc4ccccc4c31)C(C)(C)CCC2(C)C. The molecule has 0 N–H and O–H groups in total. The smallest absolute Gasteiger partial charge is 0.252 e. The predicted molar refractivity (Wildman–Crippen MR) is 319 cm³/mol. The van der Waals surface area contributed by atoms with Crippen molar-refractivity contribution in [2.24, 2.45) is 0 Å². The molecule has 1 aliphatic carbocycles. The number of furan rings is 1. The van der Waals surface area contributed by atoms with Crippen LogP contribution in [-0.4, -0.2) is 11.3 Å². The molecule has 3 aliphatic rings. The largest absolute Gasteiger partial charge is 0.454 e. The number of hydrogen-bond acceptors (Lipinski definition) is 3. The monoisotopic (exact) mass is 974 g/mol. The molecule has 0 bridgehead atoms. The van der Waals surface area contributed by atoms with Crippen molar-refractivity contribution in [3.63, 3.8) is 0 Å². The van der Waals surface area contributed by atoms with Crippen LogP contribution >= 0.6 is 0 Å². The highest BCUT2D eigenvalue weighted by Gasteiger charge is 2.46. The lowest BCUT2D eigenvalue weighted by atomic mass is 9.33. The number of anilines is 6. The van der Waals surface area contributed by atoms with Gasteiger partial charge in [-0.1, -0.05) is 165 Å². The minimum Gasteiger partial charge on any atom is -0.454 e. The number of aromatic nitrogens is 1. The highest BCUT2D eigenvalue weighted by molar-refractivity contribution is 7.00. The fourth-order valence-corrected chi connectivity index (χ4v) is 12.8. The summed E-state index contributed by atoms with van der Waals surface area (Å²) in [5.74, 6) is 0. The molecular formula is C69H76BN3O. The highest BCUT2D eigenvalue weighted by atomic mass is 16.3. The van der Waals surface area contributed by atoms with Gasteiger partial charge >= 0.3 is 0 Å². The number of nitrogens with zero attached hydrogens (tertiary/aromatic N) is 3. The number of para-hydroxylation sites is 1. The van der Waals surface area contributed by atoms with Gasteiger partial charge in [0.1, 0.15) is 11.1 Å². The third-order valence-electron chi connectivity index (χ3n) is 17.6. The Bertz CT molecular complexity index is 3720. The summed E-state index contributed by atoms with van der Waals surface area (Å²) in [7, 11) is 0. The maximum Gasteiger partial charge on any atom is 0.252 e. The van der Waals surface area contributed by atoms with Crippen molar-refractivity contribution in [2.75, 3.05) is 9.80 Å². The lowest BCUT2D eigenvalue weighted by Gasteiger charge is -2.45. The lowest BCUT2D eigenvalue weighted by Crippen LogP contribution is -2.60. The van der Waals surface area contributed by atoms with Crippen molar-refractivity contribution < 1.29 is 4.42 Å². The zero-order chi connectivity index (χ0) is 52.6. The average Bonchev–Trinajstić information content (AvgIpc) is 3.87. The van der Waals surface area contributed by atoms with Gasteiger partial charge in [-0.25, -0.2) is 0 Å². The molecule has 0 fully saturated rings. The molecule has 2 aliphatic heterocycles. The first-order chi connectivity index (χ1) is 34.6. The molecule has 0 saturated carbocycles. The summed E-state index contributed by atoms with van der Waals surface area (Å²) in [5, 5.41) is 2.33. The zero-order valence-electron chi connectivity index (χ0n) is 47.4. The minimum atomic E-state index is -0.152. The highest BCUT2D eigenvalue weighted by Crippen LogP contribution is 2.52. The third-order valence-corrected chi connectivity index (χ3v) is 17.6. The van der Waals surface area contributed by atoms with Crippen LogP contribution in [0, 0.1) is 6.92 Å². The second-order valence-corrected chi connectivity index (χ2v) is 27.9. The molecule has 74 heavy (non-hydrogen) atoms. The Labute approximate surface area is 441 Å². The quantitative estimate of drug-likeness (QED) is 0.164. The molecule has 9 aromatic rings. The summed E-state index contributed by atoms with van der Waals surface area (Å²) in [5.41, 5.74) is 26.1. The van der Waals surface area contributed by atoms with Gasteiger partial charge in [0.2, 0.25) is 0 Å². The molecule has 7 aromatic carbocycles. The maximum absolute atomic E-state index is 7.03. The molecular weight excluding hydrogens is 898 g/mol. The van der Waals surface area contributed by atoms with E-state index in [-0.39, 0.29) is 39.2 Å². The molecule has 0 saturated heterocycles. The third kappa shape index (κ3) is 7.37. The van der Waals surface area contributed by atoms with Crippen molar-refractivity contribution in [2.45, 2.75) is 163 Å². The van der Waals surface area contributed by atoms with Crippen LogP contribution in [0.5, 0.6) is 0 Å². The van der Waals surface area contributed by atoms with Crippen LogP contribution in [-0.2, 0) is 32.5 Å². The summed E-state index contributed by atoms with van der Waals surface area (Å²) >= 11 is 0. The van der Waals surface area contributed by atoms with E-state index in [9.17, 15) is 0 Å². The Balaban J connectivity index is 1.22. The van der Waals surface area contributed by atoms with Crippen molar-refractivity contribution in [1.29, 1.82) is 0 Å². The standard InChI is InChI=1S/C69H76BN3O/c1-41-34-51-52(69(16,17)33-32-68(51,14)15)40-55(41)72-56-39-48(71(46-26-22-42(23-27-46)64(2,3)4)47-28-24-43(25-29-47)65(5,6)7)30-31-53(56)70-54-36-44(66(8,9)10)35-50-61(54)73(62-49-20-18-19-21-59(49)74-63(50)62)58-38-45(67(11,12)13)37-57(72)60(58)70/h18-31,34-40H,32-33H2,1-17H3. The van der Waals surface area contributed by atoms with Gasteiger partial charge in [-0.15, -0.1) is 0 Å². The summed E-state index contributed by atoms with van der Waals surface area (Å²) in [6.07, 6.45) is 2.32. The zero-order valence-corrected chi connectivity index (χ0v) is 47.4. The van der Waals surface area contributed by atoms with Crippen LogP contribution in [0.15, 0.2) is 132 Å². The van der Waals surface area contributed by atoms with Gasteiger partial charge in [0.05, 0.1) is 5.52 Å². The molecule has 5 heteroatoms. The predicted octanol–water partition coefficient (Wildman–Crippen LogP) is 17.5. The van der Waals surface area contributed by atoms with Crippen molar-refractivity contribution in [1.82, 2.24) is 4.57 Å². The van der Waals surface area contributed by atoms with E-state index in [2.05, 4.69) is 259 Å². The Hall–Kier alpha value is -6.46. The number of hydrogen-bond donors (Lipinski definition) is 0. The number of benzene rings is 7. The van der Waals surface area contributed by atoms with Crippen LogP contribution in [0.2, 0.25) is 0 Å². The van der Waals surface area contributed by atoms with Gasteiger partial charge in [-0.2, -0.15) is 0 Å². The van der Waals surface area contributed by atoms with Crippen molar-refractivity contribution in [3.05, 3.63) is 166 Å². The Morgan fingerprint density at radius 1 is 0.473 bits per heavy atom. The summed E-state index contributed by atoms with van der Waals surface area (Å²) in [6.45, 7) is 40.2. The van der Waals surface area contributed by atoms with E-state index >= 15 is 0 Å².